The van der Waals surface area contributed by atoms with Gasteiger partial charge in [0.15, 0.2) is 46.0 Å². The molecule has 275 valence electrons. The number of aromatic hydroxyl groups is 7. The van der Waals surface area contributed by atoms with Crippen LogP contribution in [0.15, 0.2) is 0 Å². The number of methoxy groups -OCH3 is 1. The van der Waals surface area contributed by atoms with Crippen LogP contribution in [0.1, 0.15) is 0 Å². The fraction of sp³-hybridized carbons (Fsp3) is 0.0400. The zero-order valence-corrected chi connectivity index (χ0v) is 38.3. The predicted molar refractivity (Wildman–Crippen MR) is 204 cm³/mol. The summed E-state index contributed by atoms with van der Waals surface area (Å²) in [6, 6.07) is 0. The summed E-state index contributed by atoms with van der Waals surface area (Å²) < 4.78 is 4.78. The molecule has 0 unspecified atom stereocenters. The first-order chi connectivity index (χ1) is 22.4. The molecule has 0 fully saturated rings. The minimum absolute atomic E-state index is 0. The first-order valence-corrected chi connectivity index (χ1v) is 17.2. The Bertz CT molecular complexity index is 1410. The standard InChI is InChI=1S/C7H4Cl4O2.3C6H2Cl4O2.Ta/c1-13-7-5(11)3(9)2(8)4(10)6(7)12;3*7-1-2(8)4(10)6(12)5(11)3(1)9;/h12H,1H3;3*11-12H;. The molecule has 0 saturated carbocycles. The van der Waals surface area contributed by atoms with Crippen molar-refractivity contribution in [3.63, 3.8) is 0 Å². The first-order valence-electron chi connectivity index (χ1n) is 11.2. The van der Waals surface area contributed by atoms with Gasteiger partial charge in [-0.2, -0.15) is 0 Å². The molecule has 0 aliphatic carbocycles. The molecule has 1 radical (unpaired) electrons. The van der Waals surface area contributed by atoms with Crippen molar-refractivity contribution < 1.29 is 62.9 Å². The van der Waals surface area contributed by atoms with Crippen LogP contribution >= 0.6 is 186 Å². The Labute approximate surface area is 377 Å². The Morgan fingerprint density at radius 1 is 0.260 bits per heavy atom. The normalized spacial score (nSPS) is 10.1. The van der Waals surface area contributed by atoms with Gasteiger partial charge in [0.2, 0.25) is 0 Å². The maximum Gasteiger partial charge on any atom is 0.182 e. The van der Waals surface area contributed by atoms with E-state index in [2.05, 4.69) is 0 Å². The Morgan fingerprint density at radius 2 is 0.400 bits per heavy atom. The van der Waals surface area contributed by atoms with E-state index in [1.807, 2.05) is 0 Å². The van der Waals surface area contributed by atoms with E-state index in [1.165, 1.54) is 7.11 Å². The largest absolute Gasteiger partial charge is 0.503 e. The smallest absolute Gasteiger partial charge is 0.182 e. The van der Waals surface area contributed by atoms with E-state index in [9.17, 15) is 5.11 Å². The average Bonchev–Trinajstić information content (AvgIpc) is 3.09. The minimum Gasteiger partial charge on any atom is -0.503 e. The summed E-state index contributed by atoms with van der Waals surface area (Å²) in [5, 5.41) is 62.1. The average molecular weight is 1190 g/mol. The minimum atomic E-state index is -0.573. The molecule has 0 aliphatic heterocycles. The van der Waals surface area contributed by atoms with Crippen molar-refractivity contribution in [3.05, 3.63) is 80.4 Å². The third-order valence-corrected chi connectivity index (χ3v) is 12.2. The Hall–Kier alpha value is 0.660. The number of hydrogen-bond donors (Lipinski definition) is 7. The number of phenols is 7. The van der Waals surface area contributed by atoms with Crippen LogP contribution in [0.3, 0.4) is 0 Å². The van der Waals surface area contributed by atoms with E-state index in [1.54, 1.807) is 0 Å². The molecule has 0 bridgehead atoms. The molecule has 0 heterocycles. The number of ether oxygens (including phenoxy) is 1. The third-order valence-electron chi connectivity index (χ3n) is 5.06. The van der Waals surface area contributed by atoms with Crippen LogP contribution in [0, 0.1) is 0 Å². The van der Waals surface area contributed by atoms with Crippen LogP contribution in [-0.2, 0) is 22.4 Å². The molecule has 25 heteroatoms. The van der Waals surface area contributed by atoms with Crippen molar-refractivity contribution in [2.75, 3.05) is 7.11 Å². The molecule has 0 aromatic heterocycles. The molecule has 4 aromatic carbocycles. The van der Waals surface area contributed by atoms with E-state index in [-0.39, 0.29) is 114 Å². The van der Waals surface area contributed by atoms with Gasteiger partial charge in [0.1, 0.15) is 40.2 Å². The summed E-state index contributed by atoms with van der Waals surface area (Å²) in [7, 11) is 1.33. The summed E-state index contributed by atoms with van der Waals surface area (Å²) in [5.41, 5.74) is 0. The van der Waals surface area contributed by atoms with Crippen molar-refractivity contribution >= 4 is 186 Å². The molecule has 8 nitrogen and oxygen atoms in total. The van der Waals surface area contributed by atoms with Crippen molar-refractivity contribution in [1.82, 2.24) is 0 Å². The van der Waals surface area contributed by atoms with Crippen molar-refractivity contribution in [2.24, 2.45) is 0 Å². The molecule has 7 N–H and O–H groups in total. The van der Waals surface area contributed by atoms with E-state index < -0.39 is 34.5 Å². The second-order valence-electron chi connectivity index (χ2n) is 8.00. The molecule has 0 atom stereocenters. The second-order valence-corrected chi connectivity index (χ2v) is 14.0. The van der Waals surface area contributed by atoms with Crippen LogP contribution in [0.4, 0.5) is 0 Å². The molecule has 0 aliphatic rings. The maximum absolute atomic E-state index is 9.40. The van der Waals surface area contributed by atoms with Gasteiger partial charge in [-0.25, -0.2) is 0 Å². The van der Waals surface area contributed by atoms with Crippen LogP contribution in [0.5, 0.6) is 46.0 Å². The molecule has 4 rings (SSSR count). The van der Waals surface area contributed by atoms with Gasteiger partial charge in [-0.05, 0) is 0 Å². The molecule has 50 heavy (non-hydrogen) atoms. The van der Waals surface area contributed by atoms with Crippen molar-refractivity contribution in [3.8, 4) is 46.0 Å². The second kappa shape index (κ2) is 21.7. The summed E-state index contributed by atoms with van der Waals surface area (Å²) >= 11 is 88.8. The summed E-state index contributed by atoms with van der Waals surface area (Å²) in [5.74, 6) is -3.74. The van der Waals surface area contributed by atoms with E-state index >= 15 is 0 Å². The fourth-order valence-electron chi connectivity index (χ4n) is 2.61. The number of halogens is 16. The van der Waals surface area contributed by atoms with Gasteiger partial charge in [-0.1, -0.05) is 186 Å². The maximum atomic E-state index is 9.40. The van der Waals surface area contributed by atoms with Gasteiger partial charge in [-0.3, -0.25) is 0 Å². The quantitative estimate of drug-likeness (QED) is 0.0566. The molecule has 0 amide bonds. The van der Waals surface area contributed by atoms with E-state index in [4.69, 9.17) is 221 Å². The van der Waals surface area contributed by atoms with Crippen molar-refractivity contribution in [2.45, 2.75) is 0 Å². The van der Waals surface area contributed by atoms with Crippen LogP contribution in [0.2, 0.25) is 80.4 Å². The SMILES string of the molecule is COc1c(O)c(Cl)c(Cl)c(Cl)c1Cl.Oc1c(O)c(Cl)c(Cl)c(Cl)c1Cl.Oc1c(O)c(Cl)c(Cl)c(Cl)c1Cl.Oc1c(O)c(Cl)c(Cl)c(Cl)c1Cl.[Ta]. The molecule has 0 saturated heterocycles. The first kappa shape index (κ1) is 50.7. The fourth-order valence-corrected chi connectivity index (χ4v) is 6.01. The summed E-state index contributed by atoms with van der Waals surface area (Å²) in [4.78, 5) is 0. The van der Waals surface area contributed by atoms with Gasteiger partial charge in [0, 0.05) is 22.4 Å². The molecule has 4 aromatic rings. The van der Waals surface area contributed by atoms with Gasteiger partial charge < -0.3 is 40.5 Å². The van der Waals surface area contributed by atoms with Crippen LogP contribution < -0.4 is 4.74 Å². The van der Waals surface area contributed by atoms with Gasteiger partial charge in [-0.15, -0.1) is 0 Å². The molecule has 0 spiro atoms. The molecular formula is C25H10Cl16O8Ta. The predicted octanol–water partition coefficient (Wildman–Crippen LogP) is 15.1. The Kier molecular flexibility index (Phi) is 22.0. The topological polar surface area (TPSA) is 151 Å². The van der Waals surface area contributed by atoms with Gasteiger partial charge in [0.25, 0.3) is 0 Å². The van der Waals surface area contributed by atoms with E-state index in [0.717, 1.165) is 0 Å². The van der Waals surface area contributed by atoms with Crippen LogP contribution in [-0.4, -0.2) is 42.9 Å². The summed E-state index contributed by atoms with van der Waals surface area (Å²) in [6.07, 6.45) is 0. The zero-order chi connectivity index (χ0) is 38.6. The number of hydrogen-bond acceptors (Lipinski definition) is 8. The van der Waals surface area contributed by atoms with Crippen LogP contribution in [0.25, 0.3) is 0 Å². The van der Waals surface area contributed by atoms with Gasteiger partial charge >= 0.3 is 0 Å². The monoisotopic (exact) mass is 1180 g/mol. The van der Waals surface area contributed by atoms with Gasteiger partial charge in [0.05, 0.1) is 47.3 Å². The van der Waals surface area contributed by atoms with E-state index in [0.29, 0.717) is 0 Å². The number of benzene rings is 4. The zero-order valence-electron chi connectivity index (χ0n) is 23.0. The number of rotatable bonds is 1. The molecular weight excluding hydrogens is 1180 g/mol. The Balaban J connectivity index is 0.000000636. The Morgan fingerprint density at radius 3 is 0.560 bits per heavy atom. The summed E-state index contributed by atoms with van der Waals surface area (Å²) in [6.45, 7) is 0. The van der Waals surface area contributed by atoms with Crippen molar-refractivity contribution in [1.29, 1.82) is 0 Å². The third kappa shape index (κ3) is 11.4. The number of phenolic OH excluding ortho intramolecular Hbond substituents is 7.